The fraction of sp³-hybridized carbons (Fsp3) is 0.933. The topological polar surface area (TPSA) is 8.81 Å². The molecular weight excluding hydrogens is 569 g/mol. The van der Waals surface area contributed by atoms with E-state index in [-0.39, 0.29) is 0 Å². The van der Waals surface area contributed by atoms with Crippen LogP contribution in [0.3, 0.4) is 0 Å². The summed E-state index contributed by atoms with van der Waals surface area (Å²) in [6.07, 6.45) is 57.9. The summed E-state index contributed by atoms with van der Waals surface area (Å²) in [5.74, 6) is 1.62. The molecule has 0 N–H and O–H groups in total. The van der Waals surface area contributed by atoms with Gasteiger partial charge in [0.05, 0.1) is 13.1 Å². The van der Waals surface area contributed by atoms with Gasteiger partial charge in [0.25, 0.3) is 5.82 Å². The Hall–Kier alpha value is -0.790. The molecule has 47 heavy (non-hydrogen) atoms. The van der Waals surface area contributed by atoms with Crippen molar-refractivity contribution in [2.45, 2.75) is 271 Å². The van der Waals surface area contributed by atoms with Crippen molar-refractivity contribution in [1.82, 2.24) is 4.57 Å². The minimum Gasteiger partial charge on any atom is -0.234 e. The highest BCUT2D eigenvalue weighted by molar-refractivity contribution is 4.84. The Morgan fingerprint density at radius 2 is 0.660 bits per heavy atom. The molecule has 0 aliphatic carbocycles. The van der Waals surface area contributed by atoms with Crippen LogP contribution in [-0.4, -0.2) is 4.57 Å². The van der Waals surface area contributed by atoms with Gasteiger partial charge < -0.3 is 0 Å². The average molecular weight is 658 g/mol. The van der Waals surface area contributed by atoms with Crippen molar-refractivity contribution in [2.24, 2.45) is 0 Å². The second kappa shape index (κ2) is 36.5. The summed E-state index contributed by atoms with van der Waals surface area (Å²) >= 11 is 0. The third-order valence-electron chi connectivity index (χ3n) is 10.8. The third kappa shape index (κ3) is 28.7. The van der Waals surface area contributed by atoms with Crippen LogP contribution in [0.1, 0.15) is 258 Å². The van der Waals surface area contributed by atoms with Crippen molar-refractivity contribution in [3.63, 3.8) is 0 Å². The molecule has 0 fully saturated rings. The van der Waals surface area contributed by atoms with E-state index in [1.807, 2.05) is 0 Å². The van der Waals surface area contributed by atoms with Gasteiger partial charge in [-0.1, -0.05) is 220 Å². The number of hydrogen-bond acceptors (Lipinski definition) is 0. The van der Waals surface area contributed by atoms with E-state index in [1.165, 1.54) is 251 Å². The lowest BCUT2D eigenvalue weighted by Crippen LogP contribution is -2.37. The molecule has 0 aliphatic rings. The first kappa shape index (κ1) is 44.2. The van der Waals surface area contributed by atoms with Crippen LogP contribution in [0.4, 0.5) is 0 Å². The molecule has 0 aromatic carbocycles. The fourth-order valence-corrected chi connectivity index (χ4v) is 7.56. The summed E-state index contributed by atoms with van der Waals surface area (Å²) in [7, 11) is 0. The fourth-order valence-electron chi connectivity index (χ4n) is 7.56. The lowest BCUT2D eigenvalue weighted by Gasteiger charge is -2.07. The molecule has 0 atom stereocenters. The second-order valence-corrected chi connectivity index (χ2v) is 15.5. The van der Waals surface area contributed by atoms with Crippen LogP contribution in [0.15, 0.2) is 12.4 Å². The van der Waals surface area contributed by atoms with Crippen molar-refractivity contribution in [1.29, 1.82) is 0 Å². The number of nitrogens with zero attached hydrogens (tertiary/aromatic N) is 2. The summed E-state index contributed by atoms with van der Waals surface area (Å²) in [5.41, 5.74) is 0. The largest absolute Gasteiger partial charge is 0.256 e. The summed E-state index contributed by atoms with van der Waals surface area (Å²) in [5, 5.41) is 0. The van der Waals surface area contributed by atoms with Gasteiger partial charge in [0.1, 0.15) is 12.4 Å². The zero-order valence-electron chi connectivity index (χ0n) is 33.1. The maximum Gasteiger partial charge on any atom is 0.256 e. The minimum absolute atomic E-state index is 1.23. The number of rotatable bonds is 39. The molecular formula is C45H89N2+. The third-order valence-corrected chi connectivity index (χ3v) is 10.8. The van der Waals surface area contributed by atoms with Crippen LogP contribution in [0.5, 0.6) is 0 Å². The first-order valence-electron chi connectivity index (χ1n) is 22.4. The van der Waals surface area contributed by atoms with Crippen molar-refractivity contribution in [2.75, 3.05) is 0 Å². The Balaban J connectivity index is 2.17. The summed E-state index contributed by atoms with van der Waals surface area (Å²) in [6.45, 7) is 9.41. The normalized spacial score (nSPS) is 11.6. The van der Waals surface area contributed by atoms with Gasteiger partial charge in [-0.3, -0.25) is 0 Å². The molecule has 1 aromatic heterocycles. The first-order chi connectivity index (χ1) is 23.3. The van der Waals surface area contributed by atoms with Gasteiger partial charge in [0.2, 0.25) is 0 Å². The Labute approximate surface area is 298 Å². The van der Waals surface area contributed by atoms with Crippen LogP contribution in [-0.2, 0) is 19.5 Å². The number of hydrogen-bond donors (Lipinski definition) is 0. The molecule has 0 unspecified atom stereocenters. The van der Waals surface area contributed by atoms with Crippen LogP contribution in [0.2, 0.25) is 0 Å². The molecule has 1 aromatic rings. The molecule has 0 spiro atoms. The SMILES string of the molecule is CCCCCCCCCCCCCCCCCn1cc[n+](CCCCCCCCCCCCCCCCC)c1CCCCCCCC. The van der Waals surface area contributed by atoms with E-state index in [9.17, 15) is 0 Å². The van der Waals surface area contributed by atoms with Gasteiger partial charge in [0.15, 0.2) is 0 Å². The molecule has 0 amide bonds. The highest BCUT2D eigenvalue weighted by Crippen LogP contribution is 2.16. The van der Waals surface area contributed by atoms with Gasteiger partial charge in [-0.15, -0.1) is 0 Å². The molecule has 1 rings (SSSR count). The number of aryl methyl sites for hydroxylation is 2. The lowest BCUT2D eigenvalue weighted by atomic mass is 10.0. The van der Waals surface area contributed by atoms with Gasteiger partial charge >= 0.3 is 0 Å². The van der Waals surface area contributed by atoms with E-state index in [0.29, 0.717) is 0 Å². The predicted octanol–water partition coefficient (Wildman–Crippen LogP) is 15.4. The molecule has 0 saturated carbocycles. The van der Waals surface area contributed by atoms with Gasteiger partial charge in [0, 0.05) is 6.42 Å². The predicted molar refractivity (Wildman–Crippen MR) is 212 cm³/mol. The second-order valence-electron chi connectivity index (χ2n) is 15.5. The van der Waals surface area contributed by atoms with Gasteiger partial charge in [-0.2, -0.15) is 0 Å². The van der Waals surface area contributed by atoms with E-state index in [2.05, 4.69) is 42.3 Å². The molecule has 2 heteroatoms. The molecule has 0 aliphatic heterocycles. The quantitative estimate of drug-likeness (QED) is 0.0492. The van der Waals surface area contributed by atoms with E-state index < -0.39 is 0 Å². The van der Waals surface area contributed by atoms with Crippen molar-refractivity contribution in [3.05, 3.63) is 18.2 Å². The lowest BCUT2D eigenvalue weighted by molar-refractivity contribution is -0.704. The molecule has 0 radical (unpaired) electrons. The van der Waals surface area contributed by atoms with Crippen molar-refractivity contribution in [3.8, 4) is 0 Å². The Bertz CT molecular complexity index is 670. The van der Waals surface area contributed by atoms with Crippen LogP contribution in [0.25, 0.3) is 0 Å². The molecule has 278 valence electrons. The van der Waals surface area contributed by atoms with Crippen LogP contribution < -0.4 is 4.57 Å². The van der Waals surface area contributed by atoms with E-state index >= 15 is 0 Å². The van der Waals surface area contributed by atoms with E-state index in [4.69, 9.17) is 0 Å². The summed E-state index contributed by atoms with van der Waals surface area (Å²) < 4.78 is 5.28. The number of aromatic nitrogens is 2. The maximum atomic E-state index is 2.64. The van der Waals surface area contributed by atoms with E-state index in [1.54, 1.807) is 5.82 Å². The van der Waals surface area contributed by atoms with Crippen LogP contribution >= 0.6 is 0 Å². The highest BCUT2D eigenvalue weighted by Gasteiger charge is 2.16. The van der Waals surface area contributed by atoms with Crippen molar-refractivity contribution < 1.29 is 4.57 Å². The van der Waals surface area contributed by atoms with Gasteiger partial charge in [-0.25, -0.2) is 9.13 Å². The zero-order chi connectivity index (χ0) is 33.7. The average Bonchev–Trinajstić information content (AvgIpc) is 3.47. The standard InChI is InChI=1S/C45H89N2/c1-4-7-10-13-16-18-20-22-24-26-28-30-32-35-38-41-46-43-44-47(45(46)40-37-34-15-12-9-6-3)42-39-36-33-31-29-27-25-23-21-19-17-14-11-8-5-2/h43-44H,4-42H2,1-3H3/q+1. The summed E-state index contributed by atoms with van der Waals surface area (Å²) in [4.78, 5) is 0. The smallest absolute Gasteiger partial charge is 0.234 e. The van der Waals surface area contributed by atoms with Gasteiger partial charge in [-0.05, 0) is 32.1 Å². The zero-order valence-corrected chi connectivity index (χ0v) is 33.1. The Kier molecular flexibility index (Phi) is 34.3. The first-order valence-corrected chi connectivity index (χ1v) is 22.4. The monoisotopic (exact) mass is 658 g/mol. The minimum atomic E-state index is 1.23. The highest BCUT2D eigenvalue weighted by atomic mass is 15.1. The number of unbranched alkanes of at least 4 members (excludes halogenated alkanes) is 33. The van der Waals surface area contributed by atoms with Crippen LogP contribution in [0, 0.1) is 0 Å². The molecule has 0 bridgehead atoms. The molecule has 1 heterocycles. The Morgan fingerprint density at radius 1 is 0.362 bits per heavy atom. The van der Waals surface area contributed by atoms with E-state index in [0.717, 1.165) is 0 Å². The Morgan fingerprint density at radius 3 is 1.02 bits per heavy atom. The number of imidazole rings is 1. The summed E-state index contributed by atoms with van der Waals surface area (Å²) in [6, 6.07) is 0. The van der Waals surface area contributed by atoms with Crippen molar-refractivity contribution >= 4 is 0 Å². The maximum absolute atomic E-state index is 2.64. The molecule has 2 nitrogen and oxygen atoms in total. The molecule has 0 saturated heterocycles.